The molecule has 0 bridgehead atoms. The van der Waals surface area contributed by atoms with Crippen molar-refractivity contribution in [2.45, 2.75) is 38.8 Å². The van der Waals surface area contributed by atoms with E-state index in [0.29, 0.717) is 11.7 Å². The number of hydrogen-bond donors (Lipinski definition) is 2. The van der Waals surface area contributed by atoms with E-state index >= 15 is 0 Å². The SMILES string of the molecule is Cc1nc(-c2ccccc2)sc1C(C)NC(=O)c1ccn(C2CCCNC2)n1. The van der Waals surface area contributed by atoms with Crippen molar-refractivity contribution in [2.24, 2.45) is 0 Å². The van der Waals surface area contributed by atoms with Crippen LogP contribution in [0.5, 0.6) is 0 Å². The lowest BCUT2D eigenvalue weighted by Gasteiger charge is -2.22. The van der Waals surface area contributed by atoms with Crippen molar-refractivity contribution in [3.05, 3.63) is 58.9 Å². The molecule has 3 heterocycles. The zero-order valence-corrected chi connectivity index (χ0v) is 17.0. The number of benzene rings is 1. The highest BCUT2D eigenvalue weighted by molar-refractivity contribution is 7.15. The molecule has 0 spiro atoms. The minimum atomic E-state index is -0.149. The van der Waals surface area contributed by atoms with Gasteiger partial charge < -0.3 is 10.6 Å². The van der Waals surface area contributed by atoms with E-state index in [1.807, 2.05) is 42.9 Å². The Morgan fingerprint density at radius 1 is 1.32 bits per heavy atom. The molecular weight excluding hydrogens is 370 g/mol. The number of nitrogens with zero attached hydrogens (tertiary/aromatic N) is 3. The fourth-order valence-electron chi connectivity index (χ4n) is 3.57. The minimum Gasteiger partial charge on any atom is -0.343 e. The van der Waals surface area contributed by atoms with Gasteiger partial charge in [0.25, 0.3) is 5.91 Å². The summed E-state index contributed by atoms with van der Waals surface area (Å²) in [5.74, 6) is -0.149. The number of piperidine rings is 1. The predicted octanol–water partition coefficient (Wildman–Crippen LogP) is 3.73. The van der Waals surface area contributed by atoms with Crippen LogP contribution in [0.3, 0.4) is 0 Å². The normalized spacial score (nSPS) is 18.0. The summed E-state index contributed by atoms with van der Waals surface area (Å²) < 4.78 is 1.91. The maximum absolute atomic E-state index is 12.7. The van der Waals surface area contributed by atoms with Crippen molar-refractivity contribution in [3.63, 3.8) is 0 Å². The molecule has 1 aliphatic heterocycles. The molecular formula is C21H25N5OS. The standard InChI is InChI=1S/C21H25N5OS/c1-14(19-15(2)24-21(28-19)16-7-4-3-5-8-16)23-20(27)18-10-12-26(25-18)17-9-6-11-22-13-17/h3-5,7-8,10,12,14,17,22H,6,9,11,13H2,1-2H3,(H,23,27). The first kappa shape index (κ1) is 18.8. The molecule has 0 saturated carbocycles. The summed E-state index contributed by atoms with van der Waals surface area (Å²) in [7, 11) is 0. The Kier molecular flexibility index (Phi) is 5.54. The average Bonchev–Trinajstić information content (AvgIpc) is 3.36. The first-order chi connectivity index (χ1) is 13.6. The minimum absolute atomic E-state index is 0.121. The molecule has 1 saturated heterocycles. The zero-order chi connectivity index (χ0) is 19.5. The first-order valence-corrected chi connectivity index (χ1v) is 10.5. The van der Waals surface area contributed by atoms with Crippen LogP contribution in [0.25, 0.3) is 10.6 Å². The van der Waals surface area contributed by atoms with Crippen molar-refractivity contribution < 1.29 is 4.79 Å². The van der Waals surface area contributed by atoms with E-state index in [2.05, 4.69) is 32.8 Å². The van der Waals surface area contributed by atoms with E-state index in [1.165, 1.54) is 0 Å². The molecule has 28 heavy (non-hydrogen) atoms. The molecule has 3 aromatic rings. The van der Waals surface area contributed by atoms with Gasteiger partial charge in [0.2, 0.25) is 0 Å². The molecule has 1 fully saturated rings. The topological polar surface area (TPSA) is 71.8 Å². The molecule has 6 nitrogen and oxygen atoms in total. The largest absolute Gasteiger partial charge is 0.343 e. The Morgan fingerprint density at radius 2 is 2.14 bits per heavy atom. The maximum Gasteiger partial charge on any atom is 0.272 e. The van der Waals surface area contributed by atoms with E-state index in [1.54, 1.807) is 17.4 Å². The van der Waals surface area contributed by atoms with Gasteiger partial charge in [-0.1, -0.05) is 30.3 Å². The monoisotopic (exact) mass is 395 g/mol. The van der Waals surface area contributed by atoms with E-state index in [-0.39, 0.29) is 11.9 Å². The summed E-state index contributed by atoms with van der Waals surface area (Å²) in [6.07, 6.45) is 4.13. The number of carbonyl (C=O) groups excluding carboxylic acids is 1. The first-order valence-electron chi connectivity index (χ1n) is 9.71. The highest BCUT2D eigenvalue weighted by Gasteiger charge is 2.21. The van der Waals surface area contributed by atoms with E-state index in [4.69, 9.17) is 0 Å². The van der Waals surface area contributed by atoms with Crippen LogP contribution in [-0.2, 0) is 0 Å². The number of amides is 1. The maximum atomic E-state index is 12.7. The second kappa shape index (κ2) is 8.24. The lowest BCUT2D eigenvalue weighted by Crippen LogP contribution is -2.32. The Hall–Kier alpha value is -2.51. The average molecular weight is 396 g/mol. The molecule has 4 rings (SSSR count). The summed E-state index contributed by atoms with van der Waals surface area (Å²) >= 11 is 1.63. The summed E-state index contributed by atoms with van der Waals surface area (Å²) in [5.41, 5.74) is 2.51. The van der Waals surface area contributed by atoms with Gasteiger partial charge in [0.05, 0.1) is 22.7 Å². The van der Waals surface area contributed by atoms with Crippen LogP contribution in [0.1, 0.15) is 52.9 Å². The Labute approximate surface area is 169 Å². The molecule has 0 radical (unpaired) electrons. The highest BCUT2D eigenvalue weighted by Crippen LogP contribution is 2.31. The van der Waals surface area contributed by atoms with Crippen molar-refractivity contribution in [3.8, 4) is 10.6 Å². The summed E-state index contributed by atoms with van der Waals surface area (Å²) in [4.78, 5) is 18.5. The number of nitrogens with one attached hydrogen (secondary N) is 2. The van der Waals surface area contributed by atoms with E-state index in [0.717, 1.165) is 47.1 Å². The molecule has 2 N–H and O–H groups in total. The van der Waals surface area contributed by atoms with Crippen LogP contribution in [0.15, 0.2) is 42.6 Å². The van der Waals surface area contributed by atoms with E-state index in [9.17, 15) is 4.79 Å². The molecule has 7 heteroatoms. The van der Waals surface area contributed by atoms with Crippen molar-refractivity contribution in [2.75, 3.05) is 13.1 Å². The summed E-state index contributed by atoms with van der Waals surface area (Å²) in [6, 6.07) is 12.1. The molecule has 2 unspecified atom stereocenters. The third-order valence-corrected chi connectivity index (χ3v) is 6.47. The summed E-state index contributed by atoms with van der Waals surface area (Å²) in [5, 5.41) is 11.9. The number of carbonyl (C=O) groups is 1. The number of aromatic nitrogens is 3. The molecule has 1 amide bonds. The fraction of sp³-hybridized carbons (Fsp3) is 0.381. The summed E-state index contributed by atoms with van der Waals surface area (Å²) in [6.45, 7) is 5.95. The third kappa shape index (κ3) is 4.00. The van der Waals surface area contributed by atoms with Crippen molar-refractivity contribution in [1.29, 1.82) is 0 Å². The highest BCUT2D eigenvalue weighted by atomic mass is 32.1. The van der Waals surface area contributed by atoms with Crippen molar-refractivity contribution >= 4 is 17.2 Å². The Balaban J connectivity index is 1.45. The number of hydrogen-bond acceptors (Lipinski definition) is 5. The number of thiazole rings is 1. The Morgan fingerprint density at radius 3 is 2.89 bits per heavy atom. The van der Waals surface area contributed by atoms with Gasteiger partial charge in [0, 0.05) is 18.3 Å². The van der Waals surface area contributed by atoms with Crippen LogP contribution >= 0.6 is 11.3 Å². The quantitative estimate of drug-likeness (QED) is 0.690. The van der Waals surface area contributed by atoms with Crippen LogP contribution in [0.2, 0.25) is 0 Å². The second-order valence-corrected chi connectivity index (χ2v) is 8.24. The Bertz CT molecular complexity index is 943. The molecule has 2 atom stereocenters. The smallest absolute Gasteiger partial charge is 0.272 e. The lowest BCUT2D eigenvalue weighted by molar-refractivity contribution is 0.0934. The zero-order valence-electron chi connectivity index (χ0n) is 16.2. The third-order valence-electron chi connectivity index (χ3n) is 5.08. The van der Waals surface area contributed by atoms with Crippen molar-refractivity contribution in [1.82, 2.24) is 25.4 Å². The van der Waals surface area contributed by atoms with Crippen LogP contribution in [0.4, 0.5) is 0 Å². The predicted molar refractivity (Wildman–Crippen MR) is 112 cm³/mol. The van der Waals surface area contributed by atoms with Crippen LogP contribution < -0.4 is 10.6 Å². The second-order valence-electron chi connectivity index (χ2n) is 7.21. The molecule has 146 valence electrons. The van der Waals surface area contributed by atoms with E-state index < -0.39 is 0 Å². The van der Waals surface area contributed by atoms with Gasteiger partial charge in [-0.15, -0.1) is 11.3 Å². The molecule has 1 aliphatic rings. The molecule has 0 aliphatic carbocycles. The van der Waals surface area contributed by atoms with Gasteiger partial charge in [-0.3, -0.25) is 9.48 Å². The number of rotatable bonds is 5. The van der Waals surface area contributed by atoms with Crippen LogP contribution in [-0.4, -0.2) is 33.8 Å². The van der Waals surface area contributed by atoms with Gasteiger partial charge in [-0.25, -0.2) is 4.98 Å². The molecule has 2 aromatic heterocycles. The number of aryl methyl sites for hydroxylation is 1. The van der Waals surface area contributed by atoms with Gasteiger partial charge in [-0.05, 0) is 39.3 Å². The van der Waals surface area contributed by atoms with Gasteiger partial charge in [-0.2, -0.15) is 5.10 Å². The lowest BCUT2D eigenvalue weighted by atomic mass is 10.1. The van der Waals surface area contributed by atoms with Gasteiger partial charge >= 0.3 is 0 Å². The van der Waals surface area contributed by atoms with Crippen LogP contribution in [0, 0.1) is 6.92 Å². The van der Waals surface area contributed by atoms with Gasteiger partial charge in [0.15, 0.2) is 0 Å². The fourth-order valence-corrected chi connectivity index (χ4v) is 4.65. The van der Waals surface area contributed by atoms with Gasteiger partial charge in [0.1, 0.15) is 10.7 Å². The molecule has 1 aromatic carbocycles.